The second kappa shape index (κ2) is 17.1. The molecule has 2 atom stereocenters. The Morgan fingerprint density at radius 3 is 2.29 bits per heavy atom. The van der Waals surface area contributed by atoms with Crippen LogP contribution in [0.3, 0.4) is 0 Å². The Hall–Kier alpha value is -3.10. The molecule has 0 saturated carbocycles. The van der Waals surface area contributed by atoms with E-state index in [0.717, 1.165) is 47.8 Å². The summed E-state index contributed by atoms with van der Waals surface area (Å²) in [6.07, 6.45) is 10.5. The topological polar surface area (TPSA) is 125 Å². The zero-order valence-corrected chi connectivity index (χ0v) is 25.6. The molecule has 0 amide bonds. The van der Waals surface area contributed by atoms with Crippen LogP contribution in [-0.2, 0) is 17.6 Å². The number of carboxylic acid groups (broad SMARTS) is 2. The molecule has 3 aromatic rings. The first-order chi connectivity index (χ1) is 20.3. The number of aliphatic hydroxyl groups excluding tert-OH is 1. The lowest BCUT2D eigenvalue weighted by Crippen LogP contribution is -2.18. The molecule has 1 aromatic heterocycles. The number of hydrogen-bond donors (Lipinski definition) is 3. The Labute approximate surface area is 252 Å². The first-order valence-electron chi connectivity index (χ1n) is 15.2. The van der Waals surface area contributed by atoms with Gasteiger partial charge >= 0.3 is 11.9 Å². The summed E-state index contributed by atoms with van der Waals surface area (Å²) in [6.45, 7) is 4.22. The fraction of sp³-hybridized carbons (Fsp3) is 0.500. The van der Waals surface area contributed by atoms with Gasteiger partial charge in [0.05, 0.1) is 16.7 Å². The lowest BCUT2D eigenvalue weighted by atomic mass is 9.94. The fourth-order valence-electron chi connectivity index (χ4n) is 5.37. The molecule has 0 saturated heterocycles. The van der Waals surface area contributed by atoms with E-state index in [1.54, 1.807) is 6.07 Å². The molecule has 3 N–H and O–H groups in total. The van der Waals surface area contributed by atoms with Crippen LogP contribution >= 0.6 is 11.8 Å². The molecule has 0 aliphatic rings. The summed E-state index contributed by atoms with van der Waals surface area (Å²) in [5.41, 5.74) is 2.78. The molecule has 0 radical (unpaired) electrons. The SMILES string of the molecule is CCCCCCCCCc1ccccc1C(Sc1ccc2c(=O)cc(C(=O)O)oc2c1CCC)C(O)CCCC(=O)O. The van der Waals surface area contributed by atoms with Crippen LogP contribution in [0.15, 0.2) is 56.6 Å². The molecular weight excluding hydrogens is 552 g/mol. The van der Waals surface area contributed by atoms with Gasteiger partial charge in [-0.1, -0.05) is 83.1 Å². The highest BCUT2D eigenvalue weighted by molar-refractivity contribution is 7.99. The third-order valence-corrected chi connectivity index (χ3v) is 9.03. The van der Waals surface area contributed by atoms with E-state index < -0.39 is 29.2 Å². The van der Waals surface area contributed by atoms with Gasteiger partial charge in [-0.25, -0.2) is 4.79 Å². The third-order valence-electron chi connectivity index (χ3n) is 7.57. The molecule has 2 unspecified atom stereocenters. The van der Waals surface area contributed by atoms with Crippen LogP contribution in [0.1, 0.15) is 117 Å². The standard InChI is InChI=1S/C34H44O7S/c1-3-5-6-7-8-9-10-15-23-16-11-12-17-24(23)33(27(35)18-13-19-31(37)38)42-30-21-20-25-28(36)22-29(34(39)40)41-32(25)26(30)14-4-2/h11-12,16-17,20-22,27,33,35H,3-10,13-15,18-19H2,1-2H3,(H,37,38)(H,39,40). The highest BCUT2D eigenvalue weighted by Gasteiger charge is 2.27. The number of carbonyl (C=O) groups is 2. The zero-order valence-electron chi connectivity index (χ0n) is 24.8. The predicted molar refractivity (Wildman–Crippen MR) is 168 cm³/mol. The maximum Gasteiger partial charge on any atom is 0.371 e. The molecule has 0 bridgehead atoms. The minimum Gasteiger partial charge on any atom is -0.481 e. The molecule has 0 aliphatic carbocycles. The van der Waals surface area contributed by atoms with Crippen molar-refractivity contribution in [3.8, 4) is 0 Å². The fourth-order valence-corrected chi connectivity index (χ4v) is 6.78. The summed E-state index contributed by atoms with van der Waals surface area (Å²) in [4.78, 5) is 36.4. The summed E-state index contributed by atoms with van der Waals surface area (Å²) >= 11 is 1.47. The second-order valence-corrected chi connectivity index (χ2v) is 12.1. The van der Waals surface area contributed by atoms with Crippen molar-refractivity contribution in [3.05, 3.63) is 75.1 Å². The van der Waals surface area contributed by atoms with E-state index in [1.165, 1.54) is 49.4 Å². The van der Waals surface area contributed by atoms with Crippen molar-refractivity contribution < 1.29 is 29.3 Å². The summed E-state index contributed by atoms with van der Waals surface area (Å²) in [6, 6.07) is 12.6. The summed E-state index contributed by atoms with van der Waals surface area (Å²) < 4.78 is 5.75. The molecule has 3 rings (SSSR count). The predicted octanol–water partition coefficient (Wildman–Crippen LogP) is 8.19. The number of thioether (sulfide) groups is 1. The highest BCUT2D eigenvalue weighted by atomic mass is 32.2. The largest absolute Gasteiger partial charge is 0.481 e. The number of carboxylic acids is 2. The molecule has 228 valence electrons. The van der Waals surface area contributed by atoms with Crippen molar-refractivity contribution in [3.63, 3.8) is 0 Å². The number of aromatic carboxylic acids is 1. The Morgan fingerprint density at radius 2 is 1.60 bits per heavy atom. The molecule has 42 heavy (non-hydrogen) atoms. The summed E-state index contributed by atoms with van der Waals surface area (Å²) in [5, 5.41) is 30.1. The monoisotopic (exact) mass is 596 g/mol. The normalized spacial score (nSPS) is 12.8. The minimum absolute atomic E-state index is 0.0195. The van der Waals surface area contributed by atoms with Crippen LogP contribution in [0, 0.1) is 0 Å². The summed E-state index contributed by atoms with van der Waals surface area (Å²) in [7, 11) is 0. The lowest BCUT2D eigenvalue weighted by molar-refractivity contribution is -0.137. The van der Waals surface area contributed by atoms with Crippen molar-refractivity contribution >= 4 is 34.7 Å². The van der Waals surface area contributed by atoms with Gasteiger partial charge in [0, 0.05) is 22.9 Å². The van der Waals surface area contributed by atoms with E-state index in [-0.39, 0.29) is 17.3 Å². The second-order valence-electron chi connectivity index (χ2n) is 10.9. The zero-order chi connectivity index (χ0) is 30.5. The van der Waals surface area contributed by atoms with E-state index in [1.807, 2.05) is 31.2 Å². The molecule has 0 fully saturated rings. The van der Waals surface area contributed by atoms with Gasteiger partial charge in [-0.15, -0.1) is 11.8 Å². The van der Waals surface area contributed by atoms with Crippen LogP contribution in [-0.4, -0.2) is 33.4 Å². The Bertz CT molecular complexity index is 1380. The van der Waals surface area contributed by atoms with Crippen molar-refractivity contribution in [1.29, 1.82) is 0 Å². The average molecular weight is 597 g/mol. The van der Waals surface area contributed by atoms with Gasteiger partial charge in [0.2, 0.25) is 5.76 Å². The van der Waals surface area contributed by atoms with E-state index >= 15 is 0 Å². The third kappa shape index (κ3) is 9.46. The van der Waals surface area contributed by atoms with Gasteiger partial charge in [0.15, 0.2) is 5.43 Å². The van der Waals surface area contributed by atoms with Gasteiger partial charge in [-0.2, -0.15) is 0 Å². The van der Waals surface area contributed by atoms with Crippen molar-refractivity contribution in [2.45, 2.75) is 114 Å². The van der Waals surface area contributed by atoms with Crippen LogP contribution in [0.25, 0.3) is 11.0 Å². The number of aryl methyl sites for hydroxylation is 2. The van der Waals surface area contributed by atoms with Gasteiger partial charge in [-0.3, -0.25) is 9.59 Å². The van der Waals surface area contributed by atoms with Crippen molar-refractivity contribution in [1.82, 2.24) is 0 Å². The van der Waals surface area contributed by atoms with E-state index in [4.69, 9.17) is 9.52 Å². The van der Waals surface area contributed by atoms with Crippen LogP contribution in [0.5, 0.6) is 0 Å². The van der Waals surface area contributed by atoms with E-state index in [9.17, 15) is 24.6 Å². The van der Waals surface area contributed by atoms with Gasteiger partial charge in [0.25, 0.3) is 0 Å². The molecule has 1 heterocycles. The highest BCUT2D eigenvalue weighted by Crippen LogP contribution is 2.44. The lowest BCUT2D eigenvalue weighted by Gasteiger charge is -2.26. The number of aliphatic hydroxyl groups is 1. The van der Waals surface area contributed by atoms with Gasteiger partial charge in [0.1, 0.15) is 5.58 Å². The molecular formula is C34H44O7S. The van der Waals surface area contributed by atoms with Crippen LogP contribution in [0.4, 0.5) is 0 Å². The number of rotatable bonds is 19. The van der Waals surface area contributed by atoms with Gasteiger partial charge in [-0.05, 0) is 55.4 Å². The number of benzene rings is 2. The maximum atomic E-state index is 12.7. The Balaban J connectivity index is 1.97. The van der Waals surface area contributed by atoms with Crippen molar-refractivity contribution in [2.75, 3.05) is 0 Å². The van der Waals surface area contributed by atoms with E-state index in [2.05, 4.69) is 13.0 Å². The van der Waals surface area contributed by atoms with Crippen molar-refractivity contribution in [2.24, 2.45) is 0 Å². The summed E-state index contributed by atoms with van der Waals surface area (Å²) in [5.74, 6) is -2.60. The Morgan fingerprint density at radius 1 is 0.881 bits per heavy atom. The maximum absolute atomic E-state index is 12.7. The quantitative estimate of drug-likeness (QED) is 0.0934. The molecule has 0 aliphatic heterocycles. The smallest absolute Gasteiger partial charge is 0.371 e. The minimum atomic E-state index is -1.31. The van der Waals surface area contributed by atoms with Crippen LogP contribution in [0.2, 0.25) is 0 Å². The molecule has 0 spiro atoms. The number of hydrogen-bond acceptors (Lipinski definition) is 6. The number of unbranched alkanes of at least 4 members (excludes halogenated alkanes) is 6. The average Bonchev–Trinajstić information content (AvgIpc) is 2.96. The van der Waals surface area contributed by atoms with Crippen LogP contribution < -0.4 is 5.43 Å². The Kier molecular flexibility index (Phi) is 13.6. The van der Waals surface area contributed by atoms with Gasteiger partial charge < -0.3 is 19.7 Å². The number of fused-ring (bicyclic) bond motifs is 1. The number of aliphatic carboxylic acids is 1. The molecule has 2 aromatic carbocycles. The molecule has 8 heteroatoms. The first kappa shape index (κ1) is 33.4. The van der Waals surface area contributed by atoms with E-state index in [0.29, 0.717) is 24.6 Å². The first-order valence-corrected chi connectivity index (χ1v) is 16.1. The molecule has 7 nitrogen and oxygen atoms in total.